The van der Waals surface area contributed by atoms with E-state index >= 15 is 0 Å². The van der Waals surface area contributed by atoms with Gasteiger partial charge in [0.25, 0.3) is 0 Å². The van der Waals surface area contributed by atoms with Gasteiger partial charge >= 0.3 is 0 Å². The Bertz CT molecular complexity index is 331. The van der Waals surface area contributed by atoms with Crippen LogP contribution in [0.15, 0.2) is 0 Å². The number of rotatable bonds is 6. The summed E-state index contributed by atoms with van der Waals surface area (Å²) < 4.78 is 1.75. The molecule has 5 heteroatoms. The first kappa shape index (κ1) is 12.8. The molecule has 1 aromatic heterocycles. The number of nitrogens with zero attached hydrogens (tertiary/aromatic N) is 2. The number of nitrogen functional groups attached to an aromatic ring is 1. The molecule has 16 heavy (non-hydrogen) atoms. The van der Waals surface area contributed by atoms with Crippen LogP contribution in [0.2, 0.25) is 0 Å². The molecule has 1 atom stereocenters. The van der Waals surface area contributed by atoms with Crippen LogP contribution in [0.4, 0.5) is 11.5 Å². The molecule has 0 aliphatic rings. The van der Waals surface area contributed by atoms with E-state index in [1.165, 1.54) is 0 Å². The van der Waals surface area contributed by atoms with Crippen molar-refractivity contribution in [3.05, 3.63) is 5.69 Å². The summed E-state index contributed by atoms with van der Waals surface area (Å²) in [6, 6.07) is 0.0344. The molecule has 0 saturated heterocycles. The van der Waals surface area contributed by atoms with E-state index < -0.39 is 0 Å². The number of aliphatic hydroxyl groups is 1. The maximum Gasteiger partial charge on any atom is 0.148 e. The standard InChI is InChI=1S/C11H22N4O/c1-4-6-9-10(12)11(15(3)14-9)13-8(5-2)7-16/h8,13,16H,4-7,12H2,1-3H3. The lowest BCUT2D eigenvalue weighted by atomic mass is 10.2. The number of hydrogen-bond donors (Lipinski definition) is 3. The van der Waals surface area contributed by atoms with E-state index in [4.69, 9.17) is 10.8 Å². The second-order valence-corrected chi connectivity index (χ2v) is 4.01. The lowest BCUT2D eigenvalue weighted by Crippen LogP contribution is -2.24. The van der Waals surface area contributed by atoms with Crippen molar-refractivity contribution in [1.82, 2.24) is 9.78 Å². The zero-order valence-corrected chi connectivity index (χ0v) is 10.3. The summed E-state index contributed by atoms with van der Waals surface area (Å²) in [7, 11) is 1.86. The summed E-state index contributed by atoms with van der Waals surface area (Å²) in [5, 5.41) is 16.7. The fourth-order valence-corrected chi connectivity index (χ4v) is 1.66. The van der Waals surface area contributed by atoms with Crippen molar-refractivity contribution in [2.24, 2.45) is 7.05 Å². The quantitative estimate of drug-likeness (QED) is 0.680. The van der Waals surface area contributed by atoms with Crippen molar-refractivity contribution >= 4 is 11.5 Å². The molecule has 0 saturated carbocycles. The Morgan fingerprint density at radius 2 is 2.19 bits per heavy atom. The first-order chi connectivity index (χ1) is 7.63. The number of aliphatic hydroxyl groups excluding tert-OH is 1. The summed E-state index contributed by atoms with van der Waals surface area (Å²) in [4.78, 5) is 0. The maximum absolute atomic E-state index is 9.15. The molecule has 1 unspecified atom stereocenters. The summed E-state index contributed by atoms with van der Waals surface area (Å²) in [5.41, 5.74) is 7.66. The van der Waals surface area contributed by atoms with Crippen LogP contribution in [-0.4, -0.2) is 27.5 Å². The number of hydrogen-bond acceptors (Lipinski definition) is 4. The van der Waals surface area contributed by atoms with Gasteiger partial charge in [0, 0.05) is 7.05 Å². The molecule has 1 aromatic rings. The average Bonchev–Trinajstić information content (AvgIpc) is 2.53. The number of aromatic nitrogens is 2. The van der Waals surface area contributed by atoms with Crippen molar-refractivity contribution in [2.75, 3.05) is 17.7 Å². The molecule has 0 amide bonds. The Morgan fingerprint density at radius 3 is 2.69 bits per heavy atom. The van der Waals surface area contributed by atoms with Gasteiger partial charge in [-0.3, -0.25) is 4.68 Å². The Labute approximate surface area is 96.6 Å². The molecule has 92 valence electrons. The minimum atomic E-state index is 0.0344. The SMILES string of the molecule is CCCc1nn(C)c(NC(CC)CO)c1N. The highest BCUT2D eigenvalue weighted by Gasteiger charge is 2.15. The van der Waals surface area contributed by atoms with Gasteiger partial charge in [-0.15, -0.1) is 0 Å². The van der Waals surface area contributed by atoms with E-state index in [-0.39, 0.29) is 12.6 Å². The van der Waals surface area contributed by atoms with Crippen molar-refractivity contribution < 1.29 is 5.11 Å². The predicted octanol–water partition coefficient (Wildman–Crippen LogP) is 1.14. The molecule has 0 radical (unpaired) electrons. The van der Waals surface area contributed by atoms with Crippen LogP contribution in [0.1, 0.15) is 32.4 Å². The van der Waals surface area contributed by atoms with Gasteiger partial charge in [-0.05, 0) is 12.8 Å². The van der Waals surface area contributed by atoms with Crippen molar-refractivity contribution in [2.45, 2.75) is 39.2 Å². The van der Waals surface area contributed by atoms with Crippen LogP contribution in [0.5, 0.6) is 0 Å². The Balaban J connectivity index is 2.86. The third-order valence-electron chi connectivity index (χ3n) is 2.70. The highest BCUT2D eigenvalue weighted by Crippen LogP contribution is 2.23. The Kier molecular flexibility index (Phi) is 4.61. The van der Waals surface area contributed by atoms with E-state index in [9.17, 15) is 0 Å². The second kappa shape index (κ2) is 5.75. The average molecular weight is 226 g/mol. The van der Waals surface area contributed by atoms with Gasteiger partial charge in [0.15, 0.2) is 0 Å². The molecular weight excluding hydrogens is 204 g/mol. The number of anilines is 2. The molecule has 0 aromatic carbocycles. The van der Waals surface area contributed by atoms with E-state index in [2.05, 4.69) is 17.3 Å². The van der Waals surface area contributed by atoms with Crippen molar-refractivity contribution in [3.8, 4) is 0 Å². The second-order valence-electron chi connectivity index (χ2n) is 4.01. The molecule has 0 aliphatic heterocycles. The van der Waals surface area contributed by atoms with Crippen LogP contribution < -0.4 is 11.1 Å². The molecule has 5 nitrogen and oxygen atoms in total. The predicted molar refractivity (Wildman–Crippen MR) is 66.4 cm³/mol. The molecule has 0 spiro atoms. The van der Waals surface area contributed by atoms with Crippen LogP contribution in [0, 0.1) is 0 Å². The van der Waals surface area contributed by atoms with E-state index in [0.29, 0.717) is 5.69 Å². The van der Waals surface area contributed by atoms with Crippen LogP contribution in [0.3, 0.4) is 0 Å². The van der Waals surface area contributed by atoms with Crippen molar-refractivity contribution in [1.29, 1.82) is 0 Å². The number of nitrogens with two attached hydrogens (primary N) is 1. The smallest absolute Gasteiger partial charge is 0.148 e. The van der Waals surface area contributed by atoms with Gasteiger partial charge in [0.2, 0.25) is 0 Å². The first-order valence-electron chi connectivity index (χ1n) is 5.82. The molecular formula is C11H22N4O. The minimum Gasteiger partial charge on any atom is -0.394 e. The van der Waals surface area contributed by atoms with E-state index in [0.717, 1.165) is 30.8 Å². The van der Waals surface area contributed by atoms with Crippen LogP contribution in [0.25, 0.3) is 0 Å². The highest BCUT2D eigenvalue weighted by atomic mass is 16.3. The lowest BCUT2D eigenvalue weighted by Gasteiger charge is -2.15. The third kappa shape index (κ3) is 2.66. The van der Waals surface area contributed by atoms with Gasteiger partial charge in [0.05, 0.1) is 24.0 Å². The minimum absolute atomic E-state index is 0.0344. The number of nitrogens with one attached hydrogen (secondary N) is 1. The first-order valence-corrected chi connectivity index (χ1v) is 5.82. The Morgan fingerprint density at radius 1 is 1.50 bits per heavy atom. The summed E-state index contributed by atoms with van der Waals surface area (Å²) >= 11 is 0. The molecule has 0 aliphatic carbocycles. The van der Waals surface area contributed by atoms with Crippen LogP contribution >= 0.6 is 0 Å². The largest absolute Gasteiger partial charge is 0.394 e. The summed E-state index contributed by atoms with van der Waals surface area (Å²) in [6.45, 7) is 4.22. The lowest BCUT2D eigenvalue weighted by molar-refractivity contribution is 0.271. The maximum atomic E-state index is 9.15. The fourth-order valence-electron chi connectivity index (χ4n) is 1.66. The van der Waals surface area contributed by atoms with Gasteiger partial charge in [-0.25, -0.2) is 0 Å². The molecule has 1 rings (SSSR count). The molecule has 0 bridgehead atoms. The zero-order valence-electron chi connectivity index (χ0n) is 10.3. The summed E-state index contributed by atoms with van der Waals surface area (Å²) in [6.07, 6.45) is 2.76. The van der Waals surface area contributed by atoms with Gasteiger partial charge in [-0.1, -0.05) is 20.3 Å². The third-order valence-corrected chi connectivity index (χ3v) is 2.70. The topological polar surface area (TPSA) is 76.1 Å². The van der Waals surface area contributed by atoms with Crippen LogP contribution in [-0.2, 0) is 13.5 Å². The van der Waals surface area contributed by atoms with Gasteiger partial charge < -0.3 is 16.2 Å². The van der Waals surface area contributed by atoms with Gasteiger partial charge in [0.1, 0.15) is 5.82 Å². The van der Waals surface area contributed by atoms with Crippen molar-refractivity contribution in [3.63, 3.8) is 0 Å². The normalized spacial score (nSPS) is 12.8. The fraction of sp³-hybridized carbons (Fsp3) is 0.727. The highest BCUT2D eigenvalue weighted by molar-refractivity contribution is 5.65. The van der Waals surface area contributed by atoms with E-state index in [1.54, 1.807) is 4.68 Å². The summed E-state index contributed by atoms with van der Waals surface area (Å²) in [5.74, 6) is 0.810. The zero-order chi connectivity index (χ0) is 12.1. The molecule has 0 fully saturated rings. The monoisotopic (exact) mass is 226 g/mol. The molecule has 1 heterocycles. The van der Waals surface area contributed by atoms with E-state index in [1.807, 2.05) is 14.0 Å². The number of aryl methyl sites for hydroxylation is 2. The molecule has 4 N–H and O–H groups in total. The van der Waals surface area contributed by atoms with Gasteiger partial charge in [-0.2, -0.15) is 5.10 Å². The Hall–Kier alpha value is -1.23.